The molecule has 5 heterocycles. The molecule has 33 heavy (non-hydrogen) atoms. The number of amides is 1. The lowest BCUT2D eigenvalue weighted by Gasteiger charge is -2.16. The van der Waals surface area contributed by atoms with Gasteiger partial charge in [-0.1, -0.05) is 0 Å². The van der Waals surface area contributed by atoms with Crippen LogP contribution < -0.4 is 5.32 Å². The van der Waals surface area contributed by atoms with E-state index in [2.05, 4.69) is 30.2 Å². The lowest BCUT2D eigenvalue weighted by atomic mass is 10.2. The number of rotatable bonds is 5. The molecule has 0 aliphatic carbocycles. The van der Waals surface area contributed by atoms with Crippen LogP contribution in [0.5, 0.6) is 0 Å². The van der Waals surface area contributed by atoms with Gasteiger partial charge in [-0.3, -0.25) is 4.79 Å². The molecule has 0 radical (unpaired) electrons. The summed E-state index contributed by atoms with van der Waals surface area (Å²) in [4.78, 5) is 41.3. The first kappa shape index (κ1) is 21.0. The van der Waals surface area contributed by atoms with Gasteiger partial charge in [-0.15, -0.1) is 0 Å². The van der Waals surface area contributed by atoms with Crippen LogP contribution in [-0.2, 0) is 6.54 Å². The summed E-state index contributed by atoms with van der Waals surface area (Å²) in [7, 11) is 0. The Morgan fingerprint density at radius 3 is 2.64 bits per heavy atom. The van der Waals surface area contributed by atoms with Crippen LogP contribution >= 0.6 is 0 Å². The molecule has 1 aliphatic heterocycles. The normalized spacial score (nSPS) is 16.0. The van der Waals surface area contributed by atoms with Crippen molar-refractivity contribution in [2.75, 3.05) is 18.4 Å². The van der Waals surface area contributed by atoms with Crippen molar-refractivity contribution >= 4 is 22.9 Å². The Bertz CT molecular complexity index is 1330. The molecule has 11 heteroatoms. The number of anilines is 1. The number of nitrogens with one attached hydrogen (secondary N) is 1. The monoisotopic (exact) mass is 447 g/mol. The van der Waals surface area contributed by atoms with Crippen LogP contribution in [0.15, 0.2) is 23.1 Å². The fourth-order valence-electron chi connectivity index (χ4n) is 4.20. The minimum Gasteiger partial charge on any atom is -0.445 e. The number of aromatic nitrogens is 7. The van der Waals surface area contributed by atoms with Crippen LogP contribution in [-0.4, -0.2) is 64.4 Å². The van der Waals surface area contributed by atoms with Crippen molar-refractivity contribution in [3.8, 4) is 11.4 Å². The molecule has 1 fully saturated rings. The van der Waals surface area contributed by atoms with Crippen LogP contribution in [0, 0.1) is 20.8 Å². The first-order chi connectivity index (χ1) is 15.9. The summed E-state index contributed by atoms with van der Waals surface area (Å²) in [6.45, 7) is 9.26. The third kappa shape index (κ3) is 3.79. The smallest absolute Gasteiger partial charge is 0.276 e. The second kappa shape index (κ2) is 8.23. The largest absolute Gasteiger partial charge is 0.445 e. The standard InChI is InChI=1S/C22H25N9O2/c1-5-31-20(15-8-23-13(3)24-9-15)29-18-19(25-11-26-21(18)31)28-16-6-7-30(10-16)22(32)17-12(2)33-14(4)27-17/h8-9,11,16H,5-7,10H2,1-4H3,(H,25,26,28). The Hall–Kier alpha value is -3.89. The van der Waals surface area contributed by atoms with Gasteiger partial charge in [0.2, 0.25) is 0 Å². The maximum absolute atomic E-state index is 12.9. The van der Waals surface area contributed by atoms with Crippen molar-refractivity contribution < 1.29 is 9.21 Å². The highest BCUT2D eigenvalue weighted by Crippen LogP contribution is 2.27. The first-order valence-electron chi connectivity index (χ1n) is 10.9. The number of nitrogens with zero attached hydrogens (tertiary/aromatic N) is 8. The van der Waals surface area contributed by atoms with E-state index in [1.54, 1.807) is 31.1 Å². The number of imidazole rings is 1. The molecule has 0 saturated carbocycles. The van der Waals surface area contributed by atoms with Gasteiger partial charge in [0.25, 0.3) is 5.91 Å². The number of hydrogen-bond donors (Lipinski definition) is 1. The zero-order valence-electron chi connectivity index (χ0n) is 19.0. The molecular formula is C22H25N9O2. The van der Waals surface area contributed by atoms with Gasteiger partial charge in [0.15, 0.2) is 28.6 Å². The Morgan fingerprint density at radius 2 is 1.94 bits per heavy atom. The predicted molar refractivity (Wildman–Crippen MR) is 121 cm³/mol. The van der Waals surface area contributed by atoms with Gasteiger partial charge in [0, 0.05) is 45.0 Å². The number of oxazole rings is 1. The predicted octanol–water partition coefficient (Wildman–Crippen LogP) is 2.54. The van der Waals surface area contributed by atoms with Crippen LogP contribution in [0.4, 0.5) is 5.82 Å². The minimum absolute atomic E-state index is 0.0401. The fourth-order valence-corrected chi connectivity index (χ4v) is 4.20. The molecule has 0 aromatic carbocycles. The molecule has 1 N–H and O–H groups in total. The number of fused-ring (bicyclic) bond motifs is 1. The molecule has 0 bridgehead atoms. The molecule has 0 spiro atoms. The summed E-state index contributed by atoms with van der Waals surface area (Å²) < 4.78 is 7.45. The molecule has 4 aromatic rings. The van der Waals surface area contributed by atoms with Crippen LogP contribution in [0.25, 0.3) is 22.6 Å². The van der Waals surface area contributed by atoms with E-state index in [4.69, 9.17) is 9.40 Å². The lowest BCUT2D eigenvalue weighted by Crippen LogP contribution is -2.32. The van der Waals surface area contributed by atoms with E-state index in [1.807, 2.05) is 18.4 Å². The molecular weight excluding hydrogens is 422 g/mol. The summed E-state index contributed by atoms with van der Waals surface area (Å²) >= 11 is 0. The van der Waals surface area contributed by atoms with E-state index in [0.29, 0.717) is 54.1 Å². The maximum atomic E-state index is 12.9. The first-order valence-corrected chi connectivity index (χ1v) is 10.9. The second-order valence-corrected chi connectivity index (χ2v) is 8.11. The highest BCUT2D eigenvalue weighted by atomic mass is 16.4. The highest BCUT2D eigenvalue weighted by molar-refractivity contribution is 5.93. The van der Waals surface area contributed by atoms with Gasteiger partial charge >= 0.3 is 0 Å². The van der Waals surface area contributed by atoms with Crippen molar-refractivity contribution in [2.24, 2.45) is 0 Å². The average Bonchev–Trinajstić information content (AvgIpc) is 3.51. The van der Waals surface area contributed by atoms with Gasteiger partial charge in [-0.25, -0.2) is 29.9 Å². The average molecular weight is 448 g/mol. The molecule has 1 atom stereocenters. The Balaban J connectivity index is 1.40. The fraction of sp³-hybridized carbons (Fsp3) is 0.409. The molecule has 4 aromatic heterocycles. The van der Waals surface area contributed by atoms with E-state index >= 15 is 0 Å². The Labute approximate surface area is 190 Å². The highest BCUT2D eigenvalue weighted by Gasteiger charge is 2.30. The van der Waals surface area contributed by atoms with Crippen molar-refractivity contribution in [1.29, 1.82) is 0 Å². The summed E-state index contributed by atoms with van der Waals surface area (Å²) in [6, 6.07) is 0.0401. The summed E-state index contributed by atoms with van der Waals surface area (Å²) in [6.07, 6.45) is 5.86. The van der Waals surface area contributed by atoms with Gasteiger partial charge in [-0.05, 0) is 27.2 Å². The van der Waals surface area contributed by atoms with E-state index < -0.39 is 0 Å². The summed E-state index contributed by atoms with van der Waals surface area (Å²) in [5.74, 6) is 3.03. The zero-order valence-corrected chi connectivity index (χ0v) is 19.0. The molecule has 170 valence electrons. The minimum atomic E-state index is -0.113. The lowest BCUT2D eigenvalue weighted by molar-refractivity contribution is 0.0784. The number of aryl methyl sites for hydroxylation is 4. The number of carbonyl (C=O) groups excluding carboxylic acids is 1. The van der Waals surface area contributed by atoms with Crippen molar-refractivity contribution in [3.05, 3.63) is 41.9 Å². The molecule has 1 amide bonds. The topological polar surface area (TPSA) is 128 Å². The quantitative estimate of drug-likeness (QED) is 0.491. The van der Waals surface area contributed by atoms with Crippen LogP contribution in [0.1, 0.15) is 41.3 Å². The van der Waals surface area contributed by atoms with Crippen molar-refractivity contribution in [2.45, 2.75) is 46.7 Å². The molecule has 11 nitrogen and oxygen atoms in total. The zero-order chi connectivity index (χ0) is 23.1. The summed E-state index contributed by atoms with van der Waals surface area (Å²) in [5, 5.41) is 3.47. The van der Waals surface area contributed by atoms with Gasteiger partial charge in [-0.2, -0.15) is 0 Å². The summed E-state index contributed by atoms with van der Waals surface area (Å²) in [5.41, 5.74) is 2.62. The molecule has 5 rings (SSSR count). The number of likely N-dealkylation sites (tertiary alicyclic amines) is 1. The van der Waals surface area contributed by atoms with E-state index in [1.165, 1.54) is 6.33 Å². The molecule has 1 unspecified atom stereocenters. The molecule has 1 saturated heterocycles. The number of hydrogen-bond acceptors (Lipinski definition) is 9. The van der Waals surface area contributed by atoms with E-state index in [-0.39, 0.29) is 11.9 Å². The van der Waals surface area contributed by atoms with Gasteiger partial charge in [0.05, 0.1) is 5.56 Å². The van der Waals surface area contributed by atoms with Crippen molar-refractivity contribution in [3.63, 3.8) is 0 Å². The van der Waals surface area contributed by atoms with Crippen LogP contribution in [0.3, 0.4) is 0 Å². The van der Waals surface area contributed by atoms with Gasteiger partial charge < -0.3 is 19.2 Å². The Kier molecular flexibility index (Phi) is 5.23. The van der Waals surface area contributed by atoms with Gasteiger partial charge in [0.1, 0.15) is 23.7 Å². The third-order valence-corrected chi connectivity index (χ3v) is 5.81. The Morgan fingerprint density at radius 1 is 1.15 bits per heavy atom. The van der Waals surface area contributed by atoms with Crippen LogP contribution in [0.2, 0.25) is 0 Å². The SMILES string of the molecule is CCn1c(-c2cnc(C)nc2)nc2c(NC3CCN(C(=O)c4nc(C)oc4C)C3)ncnc21. The number of carbonyl (C=O) groups is 1. The second-order valence-electron chi connectivity index (χ2n) is 8.11. The molecule has 1 aliphatic rings. The van der Waals surface area contributed by atoms with E-state index in [9.17, 15) is 4.79 Å². The van der Waals surface area contributed by atoms with E-state index in [0.717, 1.165) is 23.5 Å². The van der Waals surface area contributed by atoms with Crippen molar-refractivity contribution in [1.82, 2.24) is 39.4 Å². The maximum Gasteiger partial charge on any atom is 0.276 e. The third-order valence-electron chi connectivity index (χ3n) is 5.81.